The molecule has 0 amide bonds. The van der Waals surface area contributed by atoms with E-state index in [9.17, 15) is 8.78 Å². The van der Waals surface area contributed by atoms with Crippen LogP contribution in [0.3, 0.4) is 0 Å². The molecule has 1 radical (unpaired) electrons. The molecule has 27 heavy (non-hydrogen) atoms. The lowest BCUT2D eigenvalue weighted by molar-refractivity contribution is 0.216. The second-order valence-corrected chi connectivity index (χ2v) is 12.0. The summed E-state index contributed by atoms with van der Waals surface area (Å²) in [7, 11) is -0.0845. The molecule has 0 atom stereocenters. The maximum absolute atomic E-state index is 13.5. The molecule has 151 valence electrons. The average molecular weight is 392 g/mol. The number of hydrogen-bond donors (Lipinski definition) is 0. The topological polar surface area (TPSA) is 0 Å². The van der Waals surface area contributed by atoms with Gasteiger partial charge in [0.25, 0.3) is 0 Å². The van der Waals surface area contributed by atoms with Crippen molar-refractivity contribution in [2.24, 2.45) is 11.8 Å². The molecule has 1 heterocycles. The lowest BCUT2D eigenvalue weighted by atomic mass is 9.72. The highest BCUT2D eigenvalue weighted by Gasteiger charge is 2.31. The Kier molecular flexibility index (Phi) is 8.82. The highest BCUT2D eigenvalue weighted by atomic mass is 28.3. The Balaban J connectivity index is 1.31. The van der Waals surface area contributed by atoms with Crippen LogP contribution in [0.2, 0.25) is 18.1 Å². The molecule has 3 heteroatoms. The van der Waals surface area contributed by atoms with Gasteiger partial charge in [0, 0.05) is 8.80 Å². The summed E-state index contributed by atoms with van der Waals surface area (Å²) in [6.07, 6.45) is 14.0. The van der Waals surface area contributed by atoms with Crippen LogP contribution in [0.25, 0.3) is 0 Å². The smallest absolute Gasteiger partial charge is 0.123 e. The fraction of sp³-hybridized carbons (Fsp3) is 0.750. The first-order chi connectivity index (χ1) is 13.3. The second-order valence-electron chi connectivity index (χ2n) is 8.96. The molecule has 2 aliphatic rings. The minimum absolute atomic E-state index is 0.0843. The van der Waals surface area contributed by atoms with Crippen molar-refractivity contribution >= 4 is 8.80 Å². The molecule has 0 N–H and O–H groups in total. The molecule has 0 bridgehead atoms. The number of rotatable bonds is 9. The quantitative estimate of drug-likeness (QED) is 0.296. The van der Waals surface area contributed by atoms with Gasteiger partial charge in [0.05, 0.1) is 6.67 Å². The van der Waals surface area contributed by atoms with E-state index in [-0.39, 0.29) is 21.3 Å². The van der Waals surface area contributed by atoms with Crippen LogP contribution >= 0.6 is 0 Å². The van der Waals surface area contributed by atoms with E-state index in [0.717, 1.165) is 24.7 Å². The Morgan fingerprint density at radius 1 is 0.815 bits per heavy atom. The van der Waals surface area contributed by atoms with E-state index < -0.39 is 0 Å². The van der Waals surface area contributed by atoms with Gasteiger partial charge in [-0.25, -0.2) is 4.39 Å². The zero-order valence-electron chi connectivity index (χ0n) is 16.9. The van der Waals surface area contributed by atoms with Gasteiger partial charge in [-0.1, -0.05) is 68.8 Å². The number of hydrogen-bond acceptors (Lipinski definition) is 0. The molecule has 0 spiro atoms. The van der Waals surface area contributed by atoms with Crippen LogP contribution in [-0.4, -0.2) is 15.5 Å². The van der Waals surface area contributed by atoms with Gasteiger partial charge in [0.15, 0.2) is 0 Å². The zero-order chi connectivity index (χ0) is 18.9. The van der Waals surface area contributed by atoms with Gasteiger partial charge >= 0.3 is 0 Å². The van der Waals surface area contributed by atoms with Crippen molar-refractivity contribution in [1.29, 1.82) is 0 Å². The molecule has 1 aliphatic carbocycles. The predicted molar refractivity (Wildman–Crippen MR) is 113 cm³/mol. The van der Waals surface area contributed by atoms with Gasteiger partial charge < -0.3 is 0 Å². The first-order valence-corrected chi connectivity index (χ1v) is 13.5. The fourth-order valence-corrected chi connectivity index (χ4v) is 8.51. The Morgan fingerprint density at radius 3 is 2.19 bits per heavy atom. The normalized spacial score (nSPS) is 25.0. The first kappa shape index (κ1) is 21.0. The lowest BCUT2D eigenvalue weighted by Crippen LogP contribution is -2.28. The van der Waals surface area contributed by atoms with E-state index in [2.05, 4.69) is 6.07 Å². The van der Waals surface area contributed by atoms with E-state index >= 15 is 0 Å². The van der Waals surface area contributed by atoms with Crippen LogP contribution in [0.4, 0.5) is 8.78 Å². The summed E-state index contributed by atoms with van der Waals surface area (Å²) in [6.45, 7) is -0.138. The predicted octanol–water partition coefficient (Wildman–Crippen LogP) is 7.92. The summed E-state index contributed by atoms with van der Waals surface area (Å²) in [6, 6.07) is 11.8. The van der Waals surface area contributed by atoms with Gasteiger partial charge in [-0.15, -0.1) is 0 Å². The first-order valence-electron chi connectivity index (χ1n) is 11.4. The molecule has 1 saturated heterocycles. The van der Waals surface area contributed by atoms with Crippen LogP contribution in [0.1, 0.15) is 82.1 Å². The molecule has 1 aromatic carbocycles. The minimum atomic E-state index is -0.138. The third-order valence-corrected chi connectivity index (χ3v) is 10.2. The van der Waals surface area contributed by atoms with Gasteiger partial charge in [-0.05, 0) is 67.6 Å². The van der Waals surface area contributed by atoms with Crippen molar-refractivity contribution < 1.29 is 8.78 Å². The summed E-state index contributed by atoms with van der Waals surface area (Å²) < 4.78 is 25.6. The number of alkyl halides is 1. The van der Waals surface area contributed by atoms with E-state index in [0.29, 0.717) is 5.92 Å². The summed E-state index contributed by atoms with van der Waals surface area (Å²) in [5.41, 5.74) is 1.22. The number of benzene rings is 1. The minimum Gasteiger partial charge on any atom is -0.251 e. The van der Waals surface area contributed by atoms with Crippen LogP contribution in [0, 0.1) is 17.7 Å². The summed E-state index contributed by atoms with van der Waals surface area (Å²) in [5.74, 6) is 2.40. The van der Waals surface area contributed by atoms with Gasteiger partial charge in [-0.2, -0.15) is 0 Å². The Morgan fingerprint density at radius 2 is 1.48 bits per heavy atom. The molecular weight excluding hydrogens is 354 g/mol. The molecule has 1 saturated carbocycles. The lowest BCUT2D eigenvalue weighted by Gasteiger charge is -2.37. The van der Waals surface area contributed by atoms with Crippen LogP contribution in [-0.2, 0) is 0 Å². The van der Waals surface area contributed by atoms with Crippen molar-refractivity contribution in [1.82, 2.24) is 0 Å². The molecular formula is C24H37F2Si. The third-order valence-electron chi connectivity index (χ3n) is 7.16. The van der Waals surface area contributed by atoms with E-state index in [1.807, 2.05) is 6.07 Å². The van der Waals surface area contributed by atoms with Gasteiger partial charge in [0.1, 0.15) is 5.82 Å². The molecule has 0 aromatic heterocycles. The SMILES string of the molecule is FCCCCCCC[Si]1CCC(C2CCC(c3cccc(F)c3)CC2)CC1. The third kappa shape index (κ3) is 6.69. The Bertz CT molecular complexity index is 531. The Labute approximate surface area is 166 Å². The average Bonchev–Trinajstić information content (AvgIpc) is 2.71. The highest BCUT2D eigenvalue weighted by molar-refractivity contribution is 6.58. The Hall–Kier alpha value is -0.703. The largest absolute Gasteiger partial charge is 0.251 e. The van der Waals surface area contributed by atoms with Crippen LogP contribution < -0.4 is 0 Å². The maximum Gasteiger partial charge on any atom is 0.123 e. The molecule has 0 unspecified atom stereocenters. The van der Waals surface area contributed by atoms with Gasteiger partial charge in [0.2, 0.25) is 0 Å². The van der Waals surface area contributed by atoms with Crippen LogP contribution in [0.5, 0.6) is 0 Å². The summed E-state index contributed by atoms with van der Waals surface area (Å²) in [5, 5.41) is 0. The van der Waals surface area contributed by atoms with E-state index in [1.54, 1.807) is 12.1 Å². The van der Waals surface area contributed by atoms with Crippen molar-refractivity contribution in [2.75, 3.05) is 6.67 Å². The molecule has 0 nitrogen and oxygen atoms in total. The van der Waals surface area contributed by atoms with Crippen molar-refractivity contribution in [3.8, 4) is 0 Å². The number of unbranched alkanes of at least 4 members (excludes halogenated alkanes) is 4. The monoisotopic (exact) mass is 391 g/mol. The van der Waals surface area contributed by atoms with Crippen molar-refractivity contribution in [3.63, 3.8) is 0 Å². The van der Waals surface area contributed by atoms with Crippen molar-refractivity contribution in [3.05, 3.63) is 35.6 Å². The van der Waals surface area contributed by atoms with Gasteiger partial charge in [-0.3, -0.25) is 4.39 Å². The summed E-state index contributed by atoms with van der Waals surface area (Å²) >= 11 is 0. The maximum atomic E-state index is 13.5. The van der Waals surface area contributed by atoms with E-state index in [1.165, 1.54) is 81.5 Å². The zero-order valence-corrected chi connectivity index (χ0v) is 17.9. The van der Waals surface area contributed by atoms with E-state index in [4.69, 9.17) is 0 Å². The molecule has 3 rings (SSSR count). The fourth-order valence-electron chi connectivity index (χ4n) is 5.45. The molecule has 1 aliphatic heterocycles. The van der Waals surface area contributed by atoms with Crippen molar-refractivity contribution in [2.45, 2.75) is 94.7 Å². The van der Waals surface area contributed by atoms with Crippen LogP contribution in [0.15, 0.2) is 24.3 Å². The highest BCUT2D eigenvalue weighted by Crippen LogP contribution is 2.43. The second kappa shape index (κ2) is 11.3. The molecule has 2 fully saturated rings. The standard InChI is InChI=1S/C24H37F2Si/c25-15-4-2-1-3-5-16-27-17-13-22(14-18-27)20-9-11-21(12-10-20)23-7-6-8-24(26)19-23/h6-8,19-22H,1-5,9-18H2. The summed E-state index contributed by atoms with van der Waals surface area (Å²) in [4.78, 5) is 0. The number of halogens is 2. The molecule has 1 aromatic rings.